The van der Waals surface area contributed by atoms with E-state index in [4.69, 9.17) is 14.6 Å². The Morgan fingerprint density at radius 2 is 1.82 bits per heavy atom. The number of benzene rings is 1. The monoisotopic (exact) mass is 307 g/mol. The van der Waals surface area contributed by atoms with Crippen molar-refractivity contribution in [1.29, 1.82) is 0 Å². The molecule has 0 aliphatic heterocycles. The second kappa shape index (κ2) is 6.46. The number of hydrogen-bond donors (Lipinski definition) is 2. The third kappa shape index (κ3) is 3.75. The summed E-state index contributed by atoms with van der Waals surface area (Å²) >= 11 is 0. The van der Waals surface area contributed by atoms with E-state index in [0.717, 1.165) is 5.56 Å². The zero-order chi connectivity index (χ0) is 16.2. The van der Waals surface area contributed by atoms with E-state index in [9.17, 15) is 14.4 Å². The summed E-state index contributed by atoms with van der Waals surface area (Å²) in [4.78, 5) is 34.1. The summed E-state index contributed by atoms with van der Waals surface area (Å²) in [5.74, 6) is -1.57. The van der Waals surface area contributed by atoms with Crippen molar-refractivity contribution in [2.75, 3.05) is 13.2 Å². The molecule has 2 rings (SSSR count). The van der Waals surface area contributed by atoms with Crippen LogP contribution in [-0.2, 0) is 14.3 Å². The number of alkyl carbamates (subject to hydrolysis) is 1. The highest BCUT2D eigenvalue weighted by Gasteiger charge is 2.52. The van der Waals surface area contributed by atoms with Crippen molar-refractivity contribution in [2.24, 2.45) is 0 Å². The third-order valence-electron chi connectivity index (χ3n) is 3.42. The molecule has 1 saturated carbocycles. The molecule has 0 saturated heterocycles. The van der Waals surface area contributed by atoms with Crippen molar-refractivity contribution in [3.05, 3.63) is 35.4 Å². The molecule has 0 spiro atoms. The maximum atomic E-state index is 11.8. The molecule has 1 amide bonds. The van der Waals surface area contributed by atoms with E-state index >= 15 is 0 Å². The van der Waals surface area contributed by atoms with Crippen molar-refractivity contribution in [2.45, 2.75) is 25.3 Å². The standard InChI is InChI=1S/C15H17NO6/c1-10-4-2-3-5-11(10)12(17)21-8-9-22-14(20)16-15(6-7-15)13(18)19/h2-5H,6-9H2,1H3,(H,16,20)(H,18,19). The van der Waals surface area contributed by atoms with Gasteiger partial charge in [-0.05, 0) is 31.4 Å². The molecule has 1 aliphatic carbocycles. The second-order valence-electron chi connectivity index (χ2n) is 5.10. The fourth-order valence-corrected chi connectivity index (χ4v) is 1.90. The number of aliphatic carboxylic acids is 1. The second-order valence-corrected chi connectivity index (χ2v) is 5.10. The molecule has 1 aromatic rings. The van der Waals surface area contributed by atoms with Gasteiger partial charge in [0, 0.05) is 0 Å². The molecule has 1 fully saturated rings. The number of carboxylic acid groups (broad SMARTS) is 1. The van der Waals surface area contributed by atoms with E-state index in [1.807, 2.05) is 6.07 Å². The molecule has 7 heteroatoms. The summed E-state index contributed by atoms with van der Waals surface area (Å²) in [6.45, 7) is 1.56. The Bertz CT molecular complexity index is 593. The van der Waals surface area contributed by atoms with Crippen molar-refractivity contribution in [1.82, 2.24) is 5.32 Å². The topological polar surface area (TPSA) is 102 Å². The van der Waals surface area contributed by atoms with Gasteiger partial charge in [0.2, 0.25) is 0 Å². The van der Waals surface area contributed by atoms with Crippen LogP contribution in [0.2, 0.25) is 0 Å². The minimum Gasteiger partial charge on any atom is -0.480 e. The molecule has 22 heavy (non-hydrogen) atoms. The van der Waals surface area contributed by atoms with Crippen LogP contribution in [0.5, 0.6) is 0 Å². The Hall–Kier alpha value is -2.57. The number of amides is 1. The lowest BCUT2D eigenvalue weighted by Gasteiger charge is -2.12. The average molecular weight is 307 g/mol. The van der Waals surface area contributed by atoms with Gasteiger partial charge in [-0.1, -0.05) is 18.2 Å². The van der Waals surface area contributed by atoms with Crippen LogP contribution in [0.15, 0.2) is 24.3 Å². The molecule has 0 heterocycles. The first-order valence-electron chi connectivity index (χ1n) is 6.86. The van der Waals surface area contributed by atoms with E-state index in [-0.39, 0.29) is 13.2 Å². The lowest BCUT2D eigenvalue weighted by atomic mass is 10.1. The van der Waals surface area contributed by atoms with Crippen molar-refractivity contribution >= 4 is 18.0 Å². The van der Waals surface area contributed by atoms with Crippen LogP contribution in [0.3, 0.4) is 0 Å². The fraction of sp³-hybridized carbons (Fsp3) is 0.400. The predicted octanol–water partition coefficient (Wildman–Crippen LogP) is 1.50. The predicted molar refractivity (Wildman–Crippen MR) is 75.5 cm³/mol. The molecule has 118 valence electrons. The van der Waals surface area contributed by atoms with Gasteiger partial charge in [0.05, 0.1) is 5.56 Å². The lowest BCUT2D eigenvalue weighted by Crippen LogP contribution is -2.43. The SMILES string of the molecule is Cc1ccccc1C(=O)OCCOC(=O)NC1(C(=O)O)CC1. The molecule has 1 aromatic carbocycles. The van der Waals surface area contributed by atoms with Crippen LogP contribution >= 0.6 is 0 Å². The van der Waals surface area contributed by atoms with Crippen LogP contribution in [0.4, 0.5) is 4.79 Å². The third-order valence-corrected chi connectivity index (χ3v) is 3.42. The van der Waals surface area contributed by atoms with Crippen molar-refractivity contribution in [3.63, 3.8) is 0 Å². The number of carbonyl (C=O) groups excluding carboxylic acids is 2. The first-order valence-corrected chi connectivity index (χ1v) is 6.86. The number of ether oxygens (including phenoxy) is 2. The number of rotatable bonds is 6. The van der Waals surface area contributed by atoms with Gasteiger partial charge in [0.25, 0.3) is 0 Å². The van der Waals surface area contributed by atoms with Crippen LogP contribution in [0.25, 0.3) is 0 Å². The molecule has 0 unspecified atom stereocenters. The average Bonchev–Trinajstić information content (AvgIpc) is 3.25. The Kier molecular flexibility index (Phi) is 4.65. The van der Waals surface area contributed by atoms with Gasteiger partial charge < -0.3 is 19.9 Å². The molecule has 0 aromatic heterocycles. The zero-order valence-corrected chi connectivity index (χ0v) is 12.1. The van der Waals surface area contributed by atoms with Gasteiger partial charge in [0.15, 0.2) is 0 Å². The van der Waals surface area contributed by atoms with Gasteiger partial charge in [-0.25, -0.2) is 14.4 Å². The van der Waals surface area contributed by atoms with Crippen LogP contribution < -0.4 is 5.32 Å². The number of aryl methyl sites for hydroxylation is 1. The first-order chi connectivity index (χ1) is 10.4. The minimum atomic E-state index is -1.19. The van der Waals surface area contributed by atoms with Gasteiger partial charge in [-0.15, -0.1) is 0 Å². The fourth-order valence-electron chi connectivity index (χ4n) is 1.90. The molecule has 0 bridgehead atoms. The Morgan fingerprint density at radius 1 is 1.18 bits per heavy atom. The highest BCUT2D eigenvalue weighted by Crippen LogP contribution is 2.35. The highest BCUT2D eigenvalue weighted by atomic mass is 16.6. The smallest absolute Gasteiger partial charge is 0.408 e. The Morgan fingerprint density at radius 3 is 2.41 bits per heavy atom. The van der Waals surface area contributed by atoms with E-state index < -0.39 is 23.6 Å². The Labute approximate surface area is 127 Å². The maximum Gasteiger partial charge on any atom is 0.408 e. The van der Waals surface area contributed by atoms with E-state index in [1.165, 1.54) is 0 Å². The van der Waals surface area contributed by atoms with Gasteiger partial charge in [-0.2, -0.15) is 0 Å². The quantitative estimate of drug-likeness (QED) is 0.610. The molecule has 0 radical (unpaired) electrons. The van der Waals surface area contributed by atoms with Gasteiger partial charge >= 0.3 is 18.0 Å². The van der Waals surface area contributed by atoms with Crippen LogP contribution in [-0.4, -0.2) is 41.9 Å². The number of carboxylic acids is 1. The van der Waals surface area contributed by atoms with Crippen LogP contribution in [0, 0.1) is 6.92 Å². The summed E-state index contributed by atoms with van der Waals surface area (Å²) in [5.41, 5.74) is 0.0626. The van der Waals surface area contributed by atoms with Crippen LogP contribution in [0.1, 0.15) is 28.8 Å². The summed E-state index contributed by atoms with van der Waals surface area (Å²) in [6.07, 6.45) is -0.0498. The zero-order valence-electron chi connectivity index (χ0n) is 12.1. The molecule has 7 nitrogen and oxygen atoms in total. The number of nitrogens with one attached hydrogen (secondary N) is 1. The largest absolute Gasteiger partial charge is 0.480 e. The van der Waals surface area contributed by atoms with E-state index in [2.05, 4.69) is 5.32 Å². The number of hydrogen-bond acceptors (Lipinski definition) is 5. The molecule has 1 aliphatic rings. The first kappa shape index (κ1) is 15.8. The summed E-state index contributed by atoms with van der Waals surface area (Å²) in [6, 6.07) is 6.99. The minimum absolute atomic E-state index is 0.0966. The summed E-state index contributed by atoms with van der Waals surface area (Å²) < 4.78 is 9.79. The van der Waals surface area contributed by atoms with E-state index in [1.54, 1.807) is 25.1 Å². The molecular formula is C15H17NO6. The molecular weight excluding hydrogens is 290 g/mol. The highest BCUT2D eigenvalue weighted by molar-refractivity contribution is 5.91. The number of esters is 1. The van der Waals surface area contributed by atoms with E-state index in [0.29, 0.717) is 18.4 Å². The summed E-state index contributed by atoms with van der Waals surface area (Å²) in [5, 5.41) is 11.2. The summed E-state index contributed by atoms with van der Waals surface area (Å²) in [7, 11) is 0. The van der Waals surface area contributed by atoms with Crippen molar-refractivity contribution in [3.8, 4) is 0 Å². The molecule has 0 atom stereocenters. The lowest BCUT2D eigenvalue weighted by molar-refractivity contribution is -0.140. The maximum absolute atomic E-state index is 11.8. The van der Waals surface area contributed by atoms with Gasteiger partial charge in [0.1, 0.15) is 18.8 Å². The van der Waals surface area contributed by atoms with Crippen molar-refractivity contribution < 1.29 is 29.0 Å². The van der Waals surface area contributed by atoms with Gasteiger partial charge in [-0.3, -0.25) is 0 Å². The Balaban J connectivity index is 1.69. The number of carbonyl (C=O) groups is 3. The molecule has 2 N–H and O–H groups in total. The normalized spacial score (nSPS) is 14.8.